The van der Waals surface area contributed by atoms with Crippen LogP contribution in [0.15, 0.2) is 24.3 Å². The molecule has 0 saturated carbocycles. The lowest BCUT2D eigenvalue weighted by Gasteiger charge is -2.35. The third kappa shape index (κ3) is 4.27. The number of carbonyl (C=O) groups is 2. The molecule has 1 aromatic carbocycles. The summed E-state index contributed by atoms with van der Waals surface area (Å²) in [6, 6.07) is 6.90. The quantitative estimate of drug-likeness (QED) is 0.852. The molecule has 2 heterocycles. The number of aliphatic hydroxyl groups is 1. The van der Waals surface area contributed by atoms with E-state index in [1.165, 1.54) is 0 Å². The summed E-state index contributed by atoms with van der Waals surface area (Å²) >= 11 is 0. The number of ether oxygens (including phenoxy) is 1. The van der Waals surface area contributed by atoms with Crippen LogP contribution in [0.3, 0.4) is 0 Å². The van der Waals surface area contributed by atoms with Crippen molar-refractivity contribution in [3.63, 3.8) is 0 Å². The summed E-state index contributed by atoms with van der Waals surface area (Å²) in [4.78, 5) is 28.5. The zero-order chi connectivity index (χ0) is 18.5. The molecule has 2 fully saturated rings. The van der Waals surface area contributed by atoms with E-state index in [4.69, 9.17) is 4.74 Å². The number of methoxy groups -OCH3 is 1. The fraction of sp³-hybridized carbons (Fsp3) is 0.579. The SMILES string of the molecule is COc1ccc([C@@H](O)C(=O)NC2CCN(C(=O)N3CCCC3)CC2)cc1. The van der Waals surface area contributed by atoms with Crippen molar-refractivity contribution in [2.45, 2.75) is 37.8 Å². The molecule has 2 aliphatic rings. The predicted molar refractivity (Wildman–Crippen MR) is 96.9 cm³/mol. The van der Waals surface area contributed by atoms with E-state index in [9.17, 15) is 14.7 Å². The second-order valence-corrected chi connectivity index (χ2v) is 6.92. The molecule has 3 rings (SSSR count). The summed E-state index contributed by atoms with van der Waals surface area (Å²) in [5, 5.41) is 13.1. The van der Waals surface area contributed by atoms with Crippen LogP contribution < -0.4 is 10.1 Å². The Labute approximate surface area is 153 Å². The van der Waals surface area contributed by atoms with E-state index in [1.807, 2.05) is 9.80 Å². The maximum atomic E-state index is 12.4. The first kappa shape index (κ1) is 18.5. The van der Waals surface area contributed by atoms with Crippen molar-refractivity contribution in [2.75, 3.05) is 33.3 Å². The van der Waals surface area contributed by atoms with Crippen molar-refractivity contribution in [2.24, 2.45) is 0 Å². The molecule has 2 N–H and O–H groups in total. The minimum Gasteiger partial charge on any atom is -0.497 e. The van der Waals surface area contributed by atoms with Crippen LogP contribution in [-0.4, -0.2) is 66.2 Å². The number of benzene rings is 1. The molecule has 3 amide bonds. The van der Waals surface area contributed by atoms with Gasteiger partial charge in [0.05, 0.1) is 7.11 Å². The molecular formula is C19H27N3O4. The normalized spacial score (nSPS) is 19.3. The van der Waals surface area contributed by atoms with Crippen LogP contribution >= 0.6 is 0 Å². The lowest BCUT2D eigenvalue weighted by Crippen LogP contribution is -2.50. The summed E-state index contributed by atoms with van der Waals surface area (Å²) in [7, 11) is 1.57. The third-order valence-corrected chi connectivity index (χ3v) is 5.17. The Bertz CT molecular complexity index is 620. The van der Waals surface area contributed by atoms with Gasteiger partial charge in [0, 0.05) is 32.2 Å². The number of nitrogens with one attached hydrogen (secondary N) is 1. The van der Waals surface area contributed by atoms with Crippen molar-refractivity contribution in [3.05, 3.63) is 29.8 Å². The Morgan fingerprint density at radius 2 is 1.65 bits per heavy atom. The first-order chi connectivity index (χ1) is 12.6. The second kappa shape index (κ2) is 8.40. The summed E-state index contributed by atoms with van der Waals surface area (Å²) in [5.74, 6) is 0.274. The van der Waals surface area contributed by atoms with E-state index in [-0.39, 0.29) is 12.1 Å². The van der Waals surface area contributed by atoms with Crippen molar-refractivity contribution in [1.29, 1.82) is 0 Å². The van der Waals surface area contributed by atoms with Gasteiger partial charge in [0.2, 0.25) is 0 Å². The average molecular weight is 361 g/mol. The zero-order valence-electron chi connectivity index (χ0n) is 15.2. The maximum Gasteiger partial charge on any atom is 0.319 e. The predicted octanol–water partition coefficient (Wildman–Crippen LogP) is 1.52. The number of hydrogen-bond acceptors (Lipinski definition) is 4. The fourth-order valence-electron chi connectivity index (χ4n) is 3.54. The highest BCUT2D eigenvalue weighted by atomic mass is 16.5. The number of likely N-dealkylation sites (tertiary alicyclic amines) is 2. The van der Waals surface area contributed by atoms with Crippen LogP contribution in [-0.2, 0) is 4.79 Å². The molecule has 0 spiro atoms. The van der Waals surface area contributed by atoms with Gasteiger partial charge in [0.1, 0.15) is 5.75 Å². The summed E-state index contributed by atoms with van der Waals surface area (Å²) in [5.41, 5.74) is 0.532. The molecule has 1 atom stereocenters. The third-order valence-electron chi connectivity index (χ3n) is 5.17. The molecule has 7 nitrogen and oxygen atoms in total. The van der Waals surface area contributed by atoms with E-state index in [0.29, 0.717) is 37.2 Å². The van der Waals surface area contributed by atoms with Gasteiger partial charge in [0.25, 0.3) is 5.91 Å². The Kier molecular flexibility index (Phi) is 5.98. The number of urea groups is 1. The molecule has 0 bridgehead atoms. The first-order valence-electron chi connectivity index (χ1n) is 9.24. The lowest BCUT2D eigenvalue weighted by atomic mass is 10.0. The monoisotopic (exact) mass is 361 g/mol. The highest BCUT2D eigenvalue weighted by Crippen LogP contribution is 2.20. The molecule has 0 aromatic heterocycles. The van der Waals surface area contributed by atoms with Gasteiger partial charge in [-0.1, -0.05) is 12.1 Å². The highest BCUT2D eigenvalue weighted by Gasteiger charge is 2.29. The molecule has 2 aliphatic heterocycles. The molecule has 7 heteroatoms. The molecule has 26 heavy (non-hydrogen) atoms. The Morgan fingerprint density at radius 3 is 2.23 bits per heavy atom. The van der Waals surface area contributed by atoms with Crippen molar-refractivity contribution in [1.82, 2.24) is 15.1 Å². The van der Waals surface area contributed by atoms with Crippen LogP contribution in [0.5, 0.6) is 5.75 Å². The number of amides is 3. The van der Waals surface area contributed by atoms with Gasteiger partial charge >= 0.3 is 6.03 Å². The van der Waals surface area contributed by atoms with Crippen molar-refractivity contribution >= 4 is 11.9 Å². The first-order valence-corrected chi connectivity index (χ1v) is 9.24. The van der Waals surface area contributed by atoms with Gasteiger partial charge in [-0.15, -0.1) is 0 Å². The van der Waals surface area contributed by atoms with E-state index >= 15 is 0 Å². The van der Waals surface area contributed by atoms with E-state index in [1.54, 1.807) is 31.4 Å². The van der Waals surface area contributed by atoms with E-state index < -0.39 is 12.0 Å². The molecule has 0 aliphatic carbocycles. The second-order valence-electron chi connectivity index (χ2n) is 6.92. The van der Waals surface area contributed by atoms with Gasteiger partial charge < -0.3 is 25.0 Å². The van der Waals surface area contributed by atoms with Gasteiger partial charge in [-0.3, -0.25) is 4.79 Å². The average Bonchev–Trinajstić information content (AvgIpc) is 3.22. The summed E-state index contributed by atoms with van der Waals surface area (Å²) in [6.45, 7) is 2.98. The largest absolute Gasteiger partial charge is 0.497 e. The topological polar surface area (TPSA) is 82.1 Å². The summed E-state index contributed by atoms with van der Waals surface area (Å²) in [6.07, 6.45) is 2.38. The number of piperidine rings is 1. The number of rotatable bonds is 4. The fourth-order valence-corrected chi connectivity index (χ4v) is 3.54. The van der Waals surface area contributed by atoms with Gasteiger partial charge in [-0.05, 0) is 43.4 Å². The Balaban J connectivity index is 1.47. The van der Waals surface area contributed by atoms with Gasteiger partial charge in [0.15, 0.2) is 6.10 Å². The van der Waals surface area contributed by atoms with Crippen LogP contribution in [0, 0.1) is 0 Å². The molecule has 0 unspecified atom stereocenters. The van der Waals surface area contributed by atoms with Gasteiger partial charge in [-0.2, -0.15) is 0 Å². The molecule has 1 aromatic rings. The lowest BCUT2D eigenvalue weighted by molar-refractivity contribution is -0.130. The minimum absolute atomic E-state index is 0.0157. The highest BCUT2D eigenvalue weighted by molar-refractivity contribution is 5.82. The van der Waals surface area contributed by atoms with E-state index in [2.05, 4.69) is 5.32 Å². The maximum absolute atomic E-state index is 12.4. The van der Waals surface area contributed by atoms with Crippen LogP contribution in [0.4, 0.5) is 4.79 Å². The van der Waals surface area contributed by atoms with Crippen molar-refractivity contribution in [3.8, 4) is 5.75 Å². The molecule has 0 radical (unpaired) electrons. The Hall–Kier alpha value is -2.28. The van der Waals surface area contributed by atoms with Crippen LogP contribution in [0.25, 0.3) is 0 Å². The Morgan fingerprint density at radius 1 is 1.08 bits per heavy atom. The van der Waals surface area contributed by atoms with E-state index in [0.717, 1.165) is 25.9 Å². The number of nitrogens with zero attached hydrogens (tertiary/aromatic N) is 2. The molecular weight excluding hydrogens is 334 g/mol. The summed E-state index contributed by atoms with van der Waals surface area (Å²) < 4.78 is 5.08. The van der Waals surface area contributed by atoms with Crippen LogP contribution in [0.2, 0.25) is 0 Å². The molecule has 142 valence electrons. The van der Waals surface area contributed by atoms with Crippen molar-refractivity contribution < 1.29 is 19.4 Å². The van der Waals surface area contributed by atoms with Gasteiger partial charge in [-0.25, -0.2) is 4.79 Å². The minimum atomic E-state index is -1.20. The standard InChI is InChI=1S/C19H27N3O4/c1-26-16-6-4-14(5-7-16)17(23)18(24)20-15-8-12-22(13-9-15)19(25)21-10-2-3-11-21/h4-7,15,17,23H,2-3,8-13H2,1H3,(H,20,24)/t17-/m1/s1. The molecule has 2 saturated heterocycles. The van der Waals surface area contributed by atoms with Crippen LogP contribution in [0.1, 0.15) is 37.4 Å². The number of hydrogen-bond donors (Lipinski definition) is 2. The number of carbonyl (C=O) groups excluding carboxylic acids is 2. The number of aliphatic hydroxyl groups excluding tert-OH is 1. The zero-order valence-corrected chi connectivity index (χ0v) is 15.2. The smallest absolute Gasteiger partial charge is 0.319 e.